The number of hydrogen-bond donors (Lipinski definition) is 1. The third kappa shape index (κ3) is 4.87. The van der Waals surface area contributed by atoms with Crippen molar-refractivity contribution in [1.82, 2.24) is 5.32 Å². The fourth-order valence-corrected chi connectivity index (χ4v) is 2.28. The highest BCUT2D eigenvalue weighted by atomic mass is 16.6. The molecule has 0 fully saturated rings. The number of aryl methyl sites for hydroxylation is 1. The molecule has 0 aliphatic heterocycles. The minimum absolute atomic E-state index is 0.0273. The van der Waals surface area contributed by atoms with Gasteiger partial charge in [-0.15, -0.1) is 0 Å². The number of esters is 1. The normalized spacial score (nSPS) is 13.8. The fraction of sp³-hybridized carbons (Fsp3) is 0.222. The van der Waals surface area contributed by atoms with Crippen molar-refractivity contribution < 1.29 is 19.2 Å². The number of nitrogens with one attached hydrogen (secondary N) is 1. The maximum atomic E-state index is 12.4. The van der Waals surface area contributed by atoms with Crippen molar-refractivity contribution in [3.8, 4) is 0 Å². The summed E-state index contributed by atoms with van der Waals surface area (Å²) in [5.74, 6) is -1.15. The quantitative estimate of drug-likeness (QED) is 0.371. The Labute approximate surface area is 144 Å². The van der Waals surface area contributed by atoms with Crippen LogP contribution in [-0.4, -0.2) is 23.4 Å². The van der Waals surface area contributed by atoms with E-state index in [9.17, 15) is 19.7 Å². The summed E-state index contributed by atoms with van der Waals surface area (Å²) in [6, 6.07) is 6.92. The van der Waals surface area contributed by atoms with Crippen molar-refractivity contribution in [2.45, 2.75) is 20.3 Å². The number of hydrogen-bond acceptors (Lipinski definition) is 5. The molecule has 0 saturated heterocycles. The lowest BCUT2D eigenvalue weighted by atomic mass is 10.1. The fourth-order valence-electron chi connectivity index (χ4n) is 2.28. The predicted octanol–water partition coefficient (Wildman–Crippen LogP) is 2.66. The Hall–Kier alpha value is -3.22. The van der Waals surface area contributed by atoms with Crippen molar-refractivity contribution in [2.75, 3.05) is 6.61 Å². The van der Waals surface area contributed by atoms with Gasteiger partial charge in [-0.25, -0.2) is 4.79 Å². The second kappa shape index (κ2) is 8.05. The van der Waals surface area contributed by atoms with Crippen molar-refractivity contribution in [1.29, 1.82) is 0 Å². The molecule has 7 heteroatoms. The lowest BCUT2D eigenvalue weighted by molar-refractivity contribution is -0.426. The molecule has 0 bridgehead atoms. The average Bonchev–Trinajstić information content (AvgIpc) is 3.03. The summed E-state index contributed by atoms with van der Waals surface area (Å²) in [6.45, 7) is 3.65. The predicted molar refractivity (Wildman–Crippen MR) is 91.1 cm³/mol. The van der Waals surface area contributed by atoms with Crippen molar-refractivity contribution in [3.63, 3.8) is 0 Å². The summed E-state index contributed by atoms with van der Waals surface area (Å²) in [4.78, 5) is 34.8. The van der Waals surface area contributed by atoms with Gasteiger partial charge in [0.25, 0.3) is 11.6 Å². The molecule has 1 aromatic rings. The summed E-state index contributed by atoms with van der Waals surface area (Å²) in [5, 5.41) is 13.3. The van der Waals surface area contributed by atoms with Crippen LogP contribution in [0.15, 0.2) is 59.5 Å². The Balaban J connectivity index is 2.19. The van der Waals surface area contributed by atoms with E-state index in [1.807, 2.05) is 13.0 Å². The first-order chi connectivity index (χ1) is 11.9. The third-order valence-corrected chi connectivity index (χ3v) is 3.46. The van der Waals surface area contributed by atoms with Gasteiger partial charge in [0, 0.05) is 11.6 Å². The first-order valence-electron chi connectivity index (χ1n) is 7.71. The maximum Gasteiger partial charge on any atom is 0.354 e. The van der Waals surface area contributed by atoms with E-state index in [-0.39, 0.29) is 24.4 Å². The van der Waals surface area contributed by atoms with Gasteiger partial charge in [-0.2, -0.15) is 0 Å². The standard InChI is InChI=1S/C18H18N2O5/c1-3-25-18(22)16(11-13-7-8-15(10-13)20(23)24)19-17(21)14-6-4-5-12(2)9-14/h4-9,11H,3,10H2,1-2H3,(H,19,21)/b16-11+. The van der Waals surface area contributed by atoms with Gasteiger partial charge in [0.1, 0.15) is 5.70 Å². The monoisotopic (exact) mass is 342 g/mol. The highest BCUT2D eigenvalue weighted by molar-refractivity contribution is 6.01. The molecule has 130 valence electrons. The first-order valence-corrected chi connectivity index (χ1v) is 7.71. The molecule has 0 radical (unpaired) electrons. The van der Waals surface area contributed by atoms with Crippen LogP contribution in [-0.2, 0) is 9.53 Å². The van der Waals surface area contributed by atoms with E-state index in [1.165, 1.54) is 18.2 Å². The highest BCUT2D eigenvalue weighted by Crippen LogP contribution is 2.21. The van der Waals surface area contributed by atoms with E-state index < -0.39 is 16.8 Å². The summed E-state index contributed by atoms with van der Waals surface area (Å²) in [5.41, 5.74) is 1.82. The molecule has 1 N–H and O–H groups in total. The highest BCUT2D eigenvalue weighted by Gasteiger charge is 2.20. The topological polar surface area (TPSA) is 98.5 Å². The van der Waals surface area contributed by atoms with Crippen LogP contribution < -0.4 is 5.32 Å². The minimum atomic E-state index is -0.695. The molecule has 0 saturated carbocycles. The summed E-state index contributed by atoms with van der Waals surface area (Å²) >= 11 is 0. The molecule has 1 aliphatic carbocycles. The van der Waals surface area contributed by atoms with E-state index >= 15 is 0 Å². The molecule has 1 aliphatic rings. The number of nitrogens with zero attached hydrogens (tertiary/aromatic N) is 1. The number of ether oxygens (including phenoxy) is 1. The molecule has 1 amide bonds. The van der Waals surface area contributed by atoms with E-state index in [1.54, 1.807) is 25.1 Å². The van der Waals surface area contributed by atoms with Crippen molar-refractivity contribution in [2.24, 2.45) is 0 Å². The summed E-state index contributed by atoms with van der Waals surface area (Å²) in [7, 11) is 0. The molecule has 7 nitrogen and oxygen atoms in total. The summed E-state index contributed by atoms with van der Waals surface area (Å²) < 4.78 is 4.95. The molecule has 0 heterocycles. The second-order valence-electron chi connectivity index (χ2n) is 5.44. The Morgan fingerprint density at radius 1 is 1.36 bits per heavy atom. The van der Waals surface area contributed by atoms with Crippen LogP contribution in [0.5, 0.6) is 0 Å². The molecule has 25 heavy (non-hydrogen) atoms. The van der Waals surface area contributed by atoms with Gasteiger partial charge in [0.2, 0.25) is 0 Å². The molecule has 0 unspecified atom stereocenters. The molecule has 1 aromatic carbocycles. The molecule has 0 aromatic heterocycles. The van der Waals surface area contributed by atoms with E-state index in [4.69, 9.17) is 4.74 Å². The molecule has 0 atom stereocenters. The van der Waals surface area contributed by atoms with Gasteiger partial charge in [-0.1, -0.05) is 23.8 Å². The Morgan fingerprint density at radius 2 is 2.12 bits per heavy atom. The van der Waals surface area contributed by atoms with Gasteiger partial charge >= 0.3 is 5.97 Å². The van der Waals surface area contributed by atoms with Crippen LogP contribution in [0, 0.1) is 17.0 Å². The molecule has 2 rings (SSSR count). The number of carbonyl (C=O) groups excluding carboxylic acids is 2. The van der Waals surface area contributed by atoms with Gasteiger partial charge in [0.05, 0.1) is 18.0 Å². The SMILES string of the molecule is CCOC(=O)/C(=C\C1=CC=C([N+](=O)[O-])C1)NC(=O)c1cccc(C)c1. The zero-order valence-corrected chi connectivity index (χ0v) is 13.9. The lowest BCUT2D eigenvalue weighted by Gasteiger charge is -2.10. The Morgan fingerprint density at radius 3 is 2.72 bits per heavy atom. The van der Waals surface area contributed by atoms with Gasteiger partial charge in [-0.3, -0.25) is 14.9 Å². The number of benzene rings is 1. The van der Waals surface area contributed by atoms with E-state index in [0.29, 0.717) is 11.1 Å². The zero-order valence-electron chi connectivity index (χ0n) is 13.9. The first kappa shape index (κ1) is 18.1. The zero-order chi connectivity index (χ0) is 18.4. The van der Waals surface area contributed by atoms with E-state index in [0.717, 1.165) is 5.56 Å². The average molecular weight is 342 g/mol. The number of nitro groups is 1. The van der Waals surface area contributed by atoms with E-state index in [2.05, 4.69) is 5.32 Å². The van der Waals surface area contributed by atoms with Crippen LogP contribution in [0.25, 0.3) is 0 Å². The maximum absolute atomic E-state index is 12.4. The lowest BCUT2D eigenvalue weighted by Crippen LogP contribution is -2.28. The number of amides is 1. The largest absolute Gasteiger partial charge is 0.461 e. The number of rotatable bonds is 6. The molecular formula is C18H18N2O5. The number of carbonyl (C=O) groups is 2. The van der Waals surface area contributed by atoms with Gasteiger partial charge in [0.15, 0.2) is 0 Å². The van der Waals surface area contributed by atoms with Gasteiger partial charge in [-0.05, 0) is 37.6 Å². The Kier molecular flexibility index (Phi) is 5.84. The van der Waals surface area contributed by atoms with Crippen LogP contribution in [0.1, 0.15) is 29.3 Å². The van der Waals surface area contributed by atoms with Crippen LogP contribution >= 0.6 is 0 Å². The smallest absolute Gasteiger partial charge is 0.354 e. The summed E-state index contributed by atoms with van der Waals surface area (Å²) in [6.07, 6.45) is 4.39. The van der Waals surface area contributed by atoms with Gasteiger partial charge < -0.3 is 10.1 Å². The molecular weight excluding hydrogens is 324 g/mol. The van der Waals surface area contributed by atoms with Crippen molar-refractivity contribution in [3.05, 3.63) is 80.7 Å². The Bertz CT molecular complexity index is 805. The van der Waals surface area contributed by atoms with Crippen LogP contribution in [0.2, 0.25) is 0 Å². The van der Waals surface area contributed by atoms with Crippen molar-refractivity contribution >= 4 is 11.9 Å². The van der Waals surface area contributed by atoms with Crippen LogP contribution in [0.4, 0.5) is 0 Å². The minimum Gasteiger partial charge on any atom is -0.461 e. The third-order valence-electron chi connectivity index (χ3n) is 3.46. The molecule has 0 spiro atoms. The second-order valence-corrected chi connectivity index (χ2v) is 5.44. The number of allylic oxidation sites excluding steroid dienone is 4. The van der Waals surface area contributed by atoms with Crippen LogP contribution in [0.3, 0.4) is 0 Å².